The maximum atomic E-state index is 4.79. The molecular weight excluding hydrogens is 224 g/mol. The molecule has 94 valence electrons. The van der Waals surface area contributed by atoms with Crippen LogP contribution in [-0.2, 0) is 0 Å². The highest BCUT2D eigenvalue weighted by molar-refractivity contribution is 7.82. The second kappa shape index (κ2) is 4.68. The molecular formula is C16H24S. The SMILES string of the molecule is CCC1CCC2=C(C=C(C)C(C)(S)C=C2C)C1. The van der Waals surface area contributed by atoms with Crippen molar-refractivity contribution in [3.8, 4) is 0 Å². The van der Waals surface area contributed by atoms with Crippen LogP contribution in [0, 0.1) is 5.92 Å². The Bertz CT molecular complexity index is 407. The zero-order chi connectivity index (χ0) is 12.6. The Morgan fingerprint density at radius 2 is 2.12 bits per heavy atom. The van der Waals surface area contributed by atoms with Crippen LogP contribution in [0.4, 0.5) is 0 Å². The normalized spacial score (nSPS) is 33.8. The highest BCUT2D eigenvalue weighted by atomic mass is 32.1. The molecule has 0 N–H and O–H groups in total. The van der Waals surface area contributed by atoms with Gasteiger partial charge in [-0.2, -0.15) is 12.6 Å². The fraction of sp³-hybridized carbons (Fsp3) is 0.625. The largest absolute Gasteiger partial charge is 0.164 e. The molecule has 17 heavy (non-hydrogen) atoms. The summed E-state index contributed by atoms with van der Waals surface area (Å²) in [4.78, 5) is 0. The van der Waals surface area contributed by atoms with Gasteiger partial charge in [-0.05, 0) is 62.7 Å². The Kier molecular flexibility index (Phi) is 3.58. The first-order chi connectivity index (χ1) is 7.94. The summed E-state index contributed by atoms with van der Waals surface area (Å²) in [5.41, 5.74) is 5.99. The first-order valence-corrected chi connectivity index (χ1v) is 7.21. The van der Waals surface area contributed by atoms with Gasteiger partial charge in [0.1, 0.15) is 0 Å². The summed E-state index contributed by atoms with van der Waals surface area (Å²) in [7, 11) is 0. The van der Waals surface area contributed by atoms with Crippen molar-refractivity contribution in [3.63, 3.8) is 0 Å². The molecule has 0 saturated carbocycles. The van der Waals surface area contributed by atoms with Crippen LogP contribution in [0.3, 0.4) is 0 Å². The van der Waals surface area contributed by atoms with E-state index in [0.717, 1.165) is 5.92 Å². The van der Waals surface area contributed by atoms with E-state index in [0.29, 0.717) is 0 Å². The zero-order valence-corrected chi connectivity index (χ0v) is 12.4. The first kappa shape index (κ1) is 13.0. The van der Waals surface area contributed by atoms with Crippen molar-refractivity contribution >= 4 is 12.6 Å². The van der Waals surface area contributed by atoms with E-state index < -0.39 is 0 Å². The maximum absolute atomic E-state index is 4.79. The predicted octanol–water partition coefficient (Wildman–Crippen LogP) is 5.09. The Morgan fingerprint density at radius 1 is 1.41 bits per heavy atom. The van der Waals surface area contributed by atoms with Gasteiger partial charge in [-0.3, -0.25) is 0 Å². The number of thiol groups is 1. The van der Waals surface area contributed by atoms with Gasteiger partial charge < -0.3 is 0 Å². The third-order valence-corrected chi connectivity index (χ3v) is 4.92. The van der Waals surface area contributed by atoms with E-state index in [-0.39, 0.29) is 4.75 Å². The van der Waals surface area contributed by atoms with E-state index >= 15 is 0 Å². The highest BCUT2D eigenvalue weighted by Crippen LogP contribution is 2.41. The zero-order valence-electron chi connectivity index (χ0n) is 11.5. The number of allylic oxidation sites excluding steroid dienone is 4. The molecule has 0 spiro atoms. The van der Waals surface area contributed by atoms with Crippen LogP contribution in [0.25, 0.3) is 0 Å². The van der Waals surface area contributed by atoms with Gasteiger partial charge in [-0.15, -0.1) is 0 Å². The fourth-order valence-corrected chi connectivity index (χ4v) is 3.28. The molecule has 0 amide bonds. The summed E-state index contributed by atoms with van der Waals surface area (Å²) >= 11 is 4.79. The second-order valence-electron chi connectivity index (χ2n) is 5.82. The lowest BCUT2D eigenvalue weighted by Gasteiger charge is -2.25. The van der Waals surface area contributed by atoms with Gasteiger partial charge >= 0.3 is 0 Å². The molecule has 0 aromatic carbocycles. The molecule has 0 nitrogen and oxygen atoms in total. The van der Waals surface area contributed by atoms with Gasteiger partial charge in [0.2, 0.25) is 0 Å². The van der Waals surface area contributed by atoms with Gasteiger partial charge in [0.25, 0.3) is 0 Å². The molecule has 0 aliphatic heterocycles. The number of hydrogen-bond acceptors (Lipinski definition) is 1. The van der Waals surface area contributed by atoms with Crippen molar-refractivity contribution in [3.05, 3.63) is 34.4 Å². The minimum absolute atomic E-state index is 0.0802. The van der Waals surface area contributed by atoms with E-state index in [2.05, 4.69) is 39.8 Å². The van der Waals surface area contributed by atoms with E-state index in [1.807, 2.05) is 0 Å². The van der Waals surface area contributed by atoms with E-state index in [9.17, 15) is 0 Å². The lowest BCUT2D eigenvalue weighted by atomic mass is 9.80. The third-order valence-electron chi connectivity index (χ3n) is 4.44. The smallest absolute Gasteiger partial charge is 0.0495 e. The number of rotatable bonds is 1. The summed E-state index contributed by atoms with van der Waals surface area (Å²) in [6, 6.07) is 0. The van der Waals surface area contributed by atoms with Gasteiger partial charge in [-0.25, -0.2) is 0 Å². The molecule has 2 atom stereocenters. The van der Waals surface area contributed by atoms with Crippen LogP contribution >= 0.6 is 12.6 Å². The molecule has 1 heteroatoms. The van der Waals surface area contributed by atoms with Crippen LogP contribution in [0.1, 0.15) is 53.4 Å². The van der Waals surface area contributed by atoms with E-state index in [4.69, 9.17) is 12.6 Å². The van der Waals surface area contributed by atoms with Crippen molar-refractivity contribution in [2.75, 3.05) is 0 Å². The maximum Gasteiger partial charge on any atom is 0.0495 e. The molecule has 0 aromatic rings. The molecule has 0 heterocycles. The average molecular weight is 248 g/mol. The van der Waals surface area contributed by atoms with Crippen LogP contribution < -0.4 is 0 Å². The van der Waals surface area contributed by atoms with Gasteiger partial charge in [0.05, 0.1) is 0 Å². The number of hydrogen-bond donors (Lipinski definition) is 1. The second-order valence-corrected chi connectivity index (χ2v) is 6.75. The minimum atomic E-state index is -0.0802. The van der Waals surface area contributed by atoms with Gasteiger partial charge in [-0.1, -0.05) is 31.1 Å². The Hall–Kier alpha value is -0.430. The highest BCUT2D eigenvalue weighted by Gasteiger charge is 2.27. The third kappa shape index (κ3) is 2.54. The molecule has 0 bridgehead atoms. The van der Waals surface area contributed by atoms with Crippen molar-refractivity contribution in [1.29, 1.82) is 0 Å². The van der Waals surface area contributed by atoms with Crippen LogP contribution in [0.2, 0.25) is 0 Å². The molecule has 2 aliphatic carbocycles. The van der Waals surface area contributed by atoms with Crippen LogP contribution in [0.5, 0.6) is 0 Å². The minimum Gasteiger partial charge on any atom is -0.164 e. The summed E-state index contributed by atoms with van der Waals surface area (Å²) in [6.07, 6.45) is 9.91. The van der Waals surface area contributed by atoms with Crippen molar-refractivity contribution in [2.24, 2.45) is 5.92 Å². The molecule has 0 fully saturated rings. The monoisotopic (exact) mass is 248 g/mol. The molecule has 0 saturated heterocycles. The molecule has 2 aliphatic rings. The Balaban J connectivity index is 2.42. The molecule has 2 rings (SSSR count). The fourth-order valence-electron chi connectivity index (χ4n) is 3.02. The summed E-state index contributed by atoms with van der Waals surface area (Å²) in [5.74, 6) is 0.884. The summed E-state index contributed by atoms with van der Waals surface area (Å²) < 4.78 is -0.0802. The topological polar surface area (TPSA) is 0 Å². The van der Waals surface area contributed by atoms with Crippen molar-refractivity contribution < 1.29 is 0 Å². The Morgan fingerprint density at radius 3 is 2.76 bits per heavy atom. The van der Waals surface area contributed by atoms with Gasteiger partial charge in [0.15, 0.2) is 0 Å². The first-order valence-electron chi connectivity index (χ1n) is 6.77. The Labute approximate surface area is 111 Å². The lowest BCUT2D eigenvalue weighted by Crippen LogP contribution is -2.14. The van der Waals surface area contributed by atoms with Crippen LogP contribution in [0.15, 0.2) is 34.4 Å². The van der Waals surface area contributed by atoms with Crippen molar-refractivity contribution in [2.45, 2.75) is 58.1 Å². The molecule has 2 unspecified atom stereocenters. The molecule has 0 radical (unpaired) electrons. The van der Waals surface area contributed by atoms with E-state index in [1.54, 1.807) is 11.1 Å². The molecule has 0 aromatic heterocycles. The van der Waals surface area contributed by atoms with E-state index in [1.165, 1.54) is 36.8 Å². The quantitative estimate of drug-likeness (QED) is 0.614. The average Bonchev–Trinajstić information content (AvgIpc) is 2.35. The lowest BCUT2D eigenvalue weighted by molar-refractivity contribution is 0.448. The van der Waals surface area contributed by atoms with Crippen molar-refractivity contribution in [1.82, 2.24) is 0 Å². The van der Waals surface area contributed by atoms with Gasteiger partial charge in [0, 0.05) is 4.75 Å². The summed E-state index contributed by atoms with van der Waals surface area (Å²) in [6.45, 7) is 8.97. The standard InChI is InChI=1S/C16H24S/c1-5-13-6-7-15-11(2)10-16(4,17)12(3)8-14(15)9-13/h8,10,13,17H,5-7,9H2,1-4H3. The van der Waals surface area contributed by atoms with Crippen LogP contribution in [-0.4, -0.2) is 4.75 Å². The summed E-state index contributed by atoms with van der Waals surface area (Å²) in [5, 5.41) is 0. The predicted molar refractivity (Wildman–Crippen MR) is 79.6 cm³/mol.